The predicted molar refractivity (Wildman–Crippen MR) is 68.5 cm³/mol. The summed E-state index contributed by atoms with van der Waals surface area (Å²) in [6.45, 7) is 5.46. The van der Waals surface area contributed by atoms with E-state index in [9.17, 15) is 0 Å². The van der Waals surface area contributed by atoms with Crippen molar-refractivity contribution in [2.45, 2.75) is 19.8 Å². The fourth-order valence-corrected chi connectivity index (χ4v) is 1.73. The summed E-state index contributed by atoms with van der Waals surface area (Å²) in [7, 11) is 2.01. The van der Waals surface area contributed by atoms with Crippen LogP contribution >= 0.6 is 0 Å². The smallest absolute Gasteiger partial charge is 0.0300 e. The molecule has 1 unspecified atom stereocenters. The average Bonchev–Trinajstić information content (AvgIpc) is 2.34. The zero-order valence-electron chi connectivity index (χ0n) is 10.4. The predicted octanol–water partition coefficient (Wildman–Crippen LogP) is 1.46. The van der Waals surface area contributed by atoms with Gasteiger partial charge >= 0.3 is 0 Å². The first-order valence-corrected chi connectivity index (χ1v) is 6.11. The highest BCUT2D eigenvalue weighted by Crippen LogP contribution is 1.99. The van der Waals surface area contributed by atoms with Crippen molar-refractivity contribution in [3.63, 3.8) is 0 Å². The van der Waals surface area contributed by atoms with Crippen LogP contribution in [0.25, 0.3) is 0 Å². The van der Waals surface area contributed by atoms with Gasteiger partial charge in [-0.25, -0.2) is 0 Å². The summed E-state index contributed by atoms with van der Waals surface area (Å²) in [5.41, 5.74) is 1.30. The molecule has 0 aliphatic carbocycles. The maximum Gasteiger partial charge on any atom is 0.0300 e. The first-order valence-electron chi connectivity index (χ1n) is 6.11. The van der Waals surface area contributed by atoms with Crippen molar-refractivity contribution in [1.29, 1.82) is 0 Å². The SMILES string of the molecule is CCC(CNC)CNCCc1cccnc1. The summed E-state index contributed by atoms with van der Waals surface area (Å²) in [4.78, 5) is 4.11. The molecule has 0 radical (unpaired) electrons. The molecule has 16 heavy (non-hydrogen) atoms. The molecule has 1 aromatic heterocycles. The number of rotatable bonds is 8. The Morgan fingerprint density at radius 2 is 2.25 bits per heavy atom. The van der Waals surface area contributed by atoms with E-state index in [1.807, 2.05) is 25.5 Å². The molecule has 1 aromatic rings. The molecule has 1 heterocycles. The van der Waals surface area contributed by atoms with Gasteiger partial charge < -0.3 is 10.6 Å². The van der Waals surface area contributed by atoms with E-state index >= 15 is 0 Å². The van der Waals surface area contributed by atoms with Crippen LogP contribution in [0.4, 0.5) is 0 Å². The highest BCUT2D eigenvalue weighted by molar-refractivity contribution is 5.08. The molecule has 1 atom stereocenters. The van der Waals surface area contributed by atoms with Crippen LogP contribution in [0.2, 0.25) is 0 Å². The van der Waals surface area contributed by atoms with Crippen LogP contribution in [-0.2, 0) is 6.42 Å². The number of hydrogen-bond donors (Lipinski definition) is 2. The second-order valence-electron chi connectivity index (χ2n) is 4.15. The lowest BCUT2D eigenvalue weighted by molar-refractivity contribution is 0.447. The summed E-state index contributed by atoms with van der Waals surface area (Å²) in [5.74, 6) is 0.735. The highest BCUT2D eigenvalue weighted by atomic mass is 14.9. The lowest BCUT2D eigenvalue weighted by Gasteiger charge is -2.14. The number of aromatic nitrogens is 1. The van der Waals surface area contributed by atoms with Crippen LogP contribution < -0.4 is 10.6 Å². The van der Waals surface area contributed by atoms with Crippen LogP contribution in [0.3, 0.4) is 0 Å². The lowest BCUT2D eigenvalue weighted by atomic mass is 10.1. The molecule has 0 fully saturated rings. The maximum absolute atomic E-state index is 4.11. The van der Waals surface area contributed by atoms with Crippen LogP contribution in [0.5, 0.6) is 0 Å². The molecule has 90 valence electrons. The van der Waals surface area contributed by atoms with Crippen LogP contribution in [0.15, 0.2) is 24.5 Å². The van der Waals surface area contributed by atoms with Gasteiger partial charge in [0.05, 0.1) is 0 Å². The van der Waals surface area contributed by atoms with Crippen molar-refractivity contribution in [2.75, 3.05) is 26.7 Å². The molecule has 0 bridgehead atoms. The lowest BCUT2D eigenvalue weighted by Crippen LogP contribution is -2.30. The summed E-state index contributed by atoms with van der Waals surface area (Å²) in [5, 5.41) is 6.73. The molecule has 0 spiro atoms. The number of hydrogen-bond acceptors (Lipinski definition) is 3. The first kappa shape index (κ1) is 13.1. The van der Waals surface area contributed by atoms with Gasteiger partial charge in [0, 0.05) is 12.4 Å². The van der Waals surface area contributed by atoms with Crippen LogP contribution in [0.1, 0.15) is 18.9 Å². The second kappa shape index (κ2) is 8.25. The van der Waals surface area contributed by atoms with Crippen LogP contribution in [-0.4, -0.2) is 31.7 Å². The molecule has 3 nitrogen and oxygen atoms in total. The number of nitrogens with zero attached hydrogens (tertiary/aromatic N) is 1. The summed E-state index contributed by atoms with van der Waals surface area (Å²) in [6.07, 6.45) is 6.04. The van der Waals surface area contributed by atoms with Crippen molar-refractivity contribution in [3.8, 4) is 0 Å². The van der Waals surface area contributed by atoms with E-state index in [0.717, 1.165) is 32.0 Å². The van der Waals surface area contributed by atoms with Crippen molar-refractivity contribution in [2.24, 2.45) is 5.92 Å². The summed E-state index contributed by atoms with van der Waals surface area (Å²) < 4.78 is 0. The Morgan fingerprint density at radius 1 is 1.38 bits per heavy atom. The van der Waals surface area contributed by atoms with Gasteiger partial charge in [0.2, 0.25) is 0 Å². The first-order chi connectivity index (χ1) is 7.86. The molecular weight excluding hydrogens is 198 g/mol. The van der Waals surface area contributed by atoms with Gasteiger partial charge in [0.25, 0.3) is 0 Å². The maximum atomic E-state index is 4.11. The minimum atomic E-state index is 0.735. The zero-order valence-corrected chi connectivity index (χ0v) is 10.4. The van der Waals surface area contributed by atoms with Crippen LogP contribution in [0, 0.1) is 5.92 Å². The van der Waals surface area contributed by atoms with E-state index in [1.165, 1.54) is 12.0 Å². The van der Waals surface area contributed by atoms with E-state index in [1.54, 1.807) is 0 Å². The van der Waals surface area contributed by atoms with Crippen molar-refractivity contribution in [3.05, 3.63) is 30.1 Å². The third kappa shape index (κ3) is 5.24. The quantitative estimate of drug-likeness (QED) is 0.653. The second-order valence-corrected chi connectivity index (χ2v) is 4.15. The van der Waals surface area contributed by atoms with Crippen molar-refractivity contribution < 1.29 is 0 Å². The van der Waals surface area contributed by atoms with Gasteiger partial charge in [-0.2, -0.15) is 0 Å². The van der Waals surface area contributed by atoms with Gasteiger partial charge in [-0.05, 0) is 50.7 Å². The molecular formula is C13H23N3. The minimum Gasteiger partial charge on any atom is -0.319 e. The Labute approximate surface area is 98.7 Å². The van der Waals surface area contributed by atoms with E-state index in [4.69, 9.17) is 0 Å². The molecule has 0 aliphatic heterocycles. The Balaban J connectivity index is 2.11. The molecule has 0 aromatic carbocycles. The molecule has 0 saturated carbocycles. The van der Waals surface area contributed by atoms with E-state index in [-0.39, 0.29) is 0 Å². The van der Waals surface area contributed by atoms with E-state index in [0.29, 0.717) is 0 Å². The zero-order chi connectivity index (χ0) is 11.6. The molecule has 0 amide bonds. The Hall–Kier alpha value is -0.930. The van der Waals surface area contributed by atoms with E-state index < -0.39 is 0 Å². The standard InChI is InChI=1S/C13H23N3/c1-3-12(9-14-2)10-16-8-6-13-5-4-7-15-11-13/h4-5,7,11-12,14,16H,3,6,8-10H2,1-2H3. The third-order valence-corrected chi connectivity index (χ3v) is 2.82. The van der Waals surface area contributed by atoms with Gasteiger partial charge in [0.15, 0.2) is 0 Å². The van der Waals surface area contributed by atoms with Gasteiger partial charge in [-0.1, -0.05) is 19.4 Å². The molecule has 1 rings (SSSR count). The minimum absolute atomic E-state index is 0.735. The van der Waals surface area contributed by atoms with Gasteiger partial charge in [-0.3, -0.25) is 4.98 Å². The van der Waals surface area contributed by atoms with Crippen molar-refractivity contribution in [1.82, 2.24) is 15.6 Å². The van der Waals surface area contributed by atoms with Crippen molar-refractivity contribution >= 4 is 0 Å². The Bertz CT molecular complexity index is 261. The topological polar surface area (TPSA) is 37.0 Å². The summed E-state index contributed by atoms with van der Waals surface area (Å²) in [6, 6.07) is 4.12. The number of nitrogens with one attached hydrogen (secondary N) is 2. The Kier molecular flexibility index (Phi) is 6.77. The number of pyridine rings is 1. The largest absolute Gasteiger partial charge is 0.319 e. The molecule has 3 heteroatoms. The fourth-order valence-electron chi connectivity index (χ4n) is 1.73. The summed E-state index contributed by atoms with van der Waals surface area (Å²) >= 11 is 0. The Morgan fingerprint density at radius 3 is 2.88 bits per heavy atom. The van der Waals surface area contributed by atoms with Gasteiger partial charge in [-0.15, -0.1) is 0 Å². The highest BCUT2D eigenvalue weighted by Gasteiger charge is 2.03. The third-order valence-electron chi connectivity index (χ3n) is 2.82. The molecule has 0 aliphatic rings. The van der Waals surface area contributed by atoms with E-state index in [2.05, 4.69) is 28.6 Å². The monoisotopic (exact) mass is 221 g/mol. The van der Waals surface area contributed by atoms with Gasteiger partial charge in [0.1, 0.15) is 0 Å². The fraction of sp³-hybridized carbons (Fsp3) is 0.615. The average molecular weight is 221 g/mol. The molecule has 0 saturated heterocycles. The normalized spacial score (nSPS) is 12.6. The molecule has 2 N–H and O–H groups in total.